The van der Waals surface area contributed by atoms with Gasteiger partial charge in [0, 0.05) is 25.8 Å². The quantitative estimate of drug-likeness (QED) is 0.802. The average molecular weight is 259 g/mol. The van der Waals surface area contributed by atoms with E-state index < -0.39 is 5.41 Å². The number of hydrogen-bond donors (Lipinski definition) is 2. The summed E-state index contributed by atoms with van der Waals surface area (Å²) in [6.07, 6.45) is 0.601. The van der Waals surface area contributed by atoms with Crippen LogP contribution in [0.4, 0.5) is 5.69 Å². The molecular weight excluding hydrogens is 242 g/mol. The lowest BCUT2D eigenvalue weighted by molar-refractivity contribution is -0.126. The lowest BCUT2D eigenvalue weighted by atomic mass is 9.94. The normalized spacial score (nSPS) is 27.6. The standard InChI is InChI=1S/C14H17N3O2/c1-17-11-5-3-2-4-9(11)14(13(17)19)8-10(14)12(18)16-7-6-15/h2-5,10H,6-8,15H2,1H3,(H,16,18)/t10-,14-/m0/s1. The van der Waals surface area contributed by atoms with Crippen molar-refractivity contribution in [3.05, 3.63) is 29.8 Å². The number of nitrogens with zero attached hydrogens (tertiary/aromatic N) is 1. The third-order valence-electron chi connectivity index (χ3n) is 4.15. The molecule has 1 aliphatic heterocycles. The Hall–Kier alpha value is -1.88. The summed E-state index contributed by atoms with van der Waals surface area (Å²) in [7, 11) is 1.77. The largest absolute Gasteiger partial charge is 0.355 e. The van der Waals surface area contributed by atoms with Crippen molar-refractivity contribution >= 4 is 17.5 Å². The van der Waals surface area contributed by atoms with Crippen LogP contribution in [0.5, 0.6) is 0 Å². The smallest absolute Gasteiger partial charge is 0.238 e. The number of rotatable bonds is 3. The summed E-state index contributed by atoms with van der Waals surface area (Å²) < 4.78 is 0. The highest BCUT2D eigenvalue weighted by atomic mass is 16.2. The van der Waals surface area contributed by atoms with Gasteiger partial charge in [-0.3, -0.25) is 9.59 Å². The number of fused-ring (bicyclic) bond motifs is 2. The second-order valence-electron chi connectivity index (χ2n) is 5.19. The van der Waals surface area contributed by atoms with Gasteiger partial charge in [-0.25, -0.2) is 0 Å². The molecule has 1 aromatic rings. The van der Waals surface area contributed by atoms with Gasteiger partial charge in [-0.1, -0.05) is 18.2 Å². The maximum atomic E-state index is 12.5. The average Bonchev–Trinajstić information content (AvgIpc) is 3.15. The fraction of sp³-hybridized carbons (Fsp3) is 0.429. The molecule has 3 N–H and O–H groups in total. The second-order valence-corrected chi connectivity index (χ2v) is 5.19. The Morgan fingerprint density at radius 3 is 3.00 bits per heavy atom. The van der Waals surface area contributed by atoms with Crippen LogP contribution in [-0.4, -0.2) is 32.0 Å². The van der Waals surface area contributed by atoms with Crippen LogP contribution in [0.25, 0.3) is 0 Å². The van der Waals surface area contributed by atoms with E-state index in [9.17, 15) is 9.59 Å². The molecule has 0 unspecified atom stereocenters. The molecule has 1 spiro atoms. The van der Waals surface area contributed by atoms with Gasteiger partial charge in [0.15, 0.2) is 0 Å². The van der Waals surface area contributed by atoms with Gasteiger partial charge >= 0.3 is 0 Å². The third-order valence-corrected chi connectivity index (χ3v) is 4.15. The first-order valence-electron chi connectivity index (χ1n) is 6.48. The molecule has 19 heavy (non-hydrogen) atoms. The van der Waals surface area contributed by atoms with Gasteiger partial charge in [-0.2, -0.15) is 0 Å². The Morgan fingerprint density at radius 2 is 2.26 bits per heavy atom. The van der Waals surface area contributed by atoms with Crippen molar-refractivity contribution in [2.45, 2.75) is 11.8 Å². The molecule has 0 bridgehead atoms. The molecule has 1 fully saturated rings. The van der Waals surface area contributed by atoms with Gasteiger partial charge in [-0.05, 0) is 18.1 Å². The molecule has 100 valence electrons. The number of nitrogens with one attached hydrogen (secondary N) is 1. The summed E-state index contributed by atoms with van der Waals surface area (Å²) >= 11 is 0. The molecule has 0 aromatic heterocycles. The highest BCUT2D eigenvalue weighted by molar-refractivity contribution is 6.13. The monoisotopic (exact) mass is 259 g/mol. The first kappa shape index (κ1) is 12.2. The van der Waals surface area contributed by atoms with Crippen molar-refractivity contribution < 1.29 is 9.59 Å². The fourth-order valence-electron chi connectivity index (χ4n) is 3.10. The lowest BCUT2D eigenvalue weighted by Gasteiger charge is -2.11. The maximum Gasteiger partial charge on any atom is 0.238 e. The number of carbonyl (C=O) groups excluding carboxylic acids is 2. The zero-order chi connectivity index (χ0) is 13.6. The number of likely N-dealkylation sites (N-methyl/N-ethyl adjacent to an activating group) is 1. The van der Waals surface area contributed by atoms with Crippen molar-refractivity contribution in [3.8, 4) is 0 Å². The van der Waals surface area contributed by atoms with Crippen LogP contribution in [0.2, 0.25) is 0 Å². The number of benzene rings is 1. The Labute approximate surface area is 111 Å². The minimum absolute atomic E-state index is 0.0293. The molecule has 5 nitrogen and oxygen atoms in total. The van der Waals surface area contributed by atoms with E-state index in [1.807, 2.05) is 24.3 Å². The number of amides is 2. The molecule has 0 saturated heterocycles. The number of hydrogen-bond acceptors (Lipinski definition) is 3. The summed E-state index contributed by atoms with van der Waals surface area (Å²) in [4.78, 5) is 26.2. The van der Waals surface area contributed by atoms with Crippen molar-refractivity contribution in [1.82, 2.24) is 5.32 Å². The van der Waals surface area contributed by atoms with Crippen LogP contribution in [0.3, 0.4) is 0 Å². The van der Waals surface area contributed by atoms with Gasteiger partial charge < -0.3 is 16.0 Å². The van der Waals surface area contributed by atoms with Gasteiger partial charge in [0.2, 0.25) is 11.8 Å². The Balaban J connectivity index is 1.91. The van der Waals surface area contributed by atoms with Gasteiger partial charge in [0.05, 0.1) is 11.3 Å². The van der Waals surface area contributed by atoms with Gasteiger partial charge in [0.25, 0.3) is 0 Å². The topological polar surface area (TPSA) is 75.4 Å². The van der Waals surface area contributed by atoms with E-state index in [-0.39, 0.29) is 17.7 Å². The molecule has 1 saturated carbocycles. The molecule has 1 aromatic carbocycles. The minimum Gasteiger partial charge on any atom is -0.355 e. The highest BCUT2D eigenvalue weighted by Crippen LogP contribution is 2.61. The number of para-hydroxylation sites is 1. The number of nitrogens with two attached hydrogens (primary N) is 1. The minimum atomic E-state index is -0.621. The predicted octanol–water partition coefficient (Wildman–Crippen LogP) is -0.00440. The van der Waals surface area contributed by atoms with Crippen LogP contribution < -0.4 is 16.0 Å². The van der Waals surface area contributed by atoms with E-state index in [2.05, 4.69) is 5.32 Å². The van der Waals surface area contributed by atoms with E-state index in [0.29, 0.717) is 19.5 Å². The Kier molecular flexibility index (Phi) is 2.60. The lowest BCUT2D eigenvalue weighted by Crippen LogP contribution is -2.36. The zero-order valence-electron chi connectivity index (χ0n) is 10.8. The van der Waals surface area contributed by atoms with E-state index in [1.165, 1.54) is 0 Å². The van der Waals surface area contributed by atoms with Crippen LogP contribution in [-0.2, 0) is 15.0 Å². The van der Waals surface area contributed by atoms with Crippen LogP contribution in [0, 0.1) is 5.92 Å². The van der Waals surface area contributed by atoms with Crippen LogP contribution >= 0.6 is 0 Å². The molecule has 2 atom stereocenters. The first-order chi connectivity index (χ1) is 9.13. The van der Waals surface area contributed by atoms with Crippen LogP contribution in [0.15, 0.2) is 24.3 Å². The molecule has 2 amide bonds. The van der Waals surface area contributed by atoms with E-state index in [4.69, 9.17) is 5.73 Å². The fourth-order valence-corrected chi connectivity index (χ4v) is 3.10. The summed E-state index contributed by atoms with van der Waals surface area (Å²) in [6, 6.07) is 7.70. The predicted molar refractivity (Wildman–Crippen MR) is 71.7 cm³/mol. The Bertz CT molecular complexity index is 557. The van der Waals surface area contributed by atoms with Gasteiger partial charge in [-0.15, -0.1) is 0 Å². The van der Waals surface area contributed by atoms with Crippen molar-refractivity contribution in [3.63, 3.8) is 0 Å². The van der Waals surface area contributed by atoms with Crippen molar-refractivity contribution in [2.24, 2.45) is 11.7 Å². The second kappa shape index (κ2) is 4.06. The maximum absolute atomic E-state index is 12.5. The first-order valence-corrected chi connectivity index (χ1v) is 6.48. The number of anilines is 1. The van der Waals surface area contributed by atoms with Crippen molar-refractivity contribution in [2.75, 3.05) is 25.0 Å². The Morgan fingerprint density at radius 1 is 1.53 bits per heavy atom. The van der Waals surface area contributed by atoms with Gasteiger partial charge in [0.1, 0.15) is 0 Å². The van der Waals surface area contributed by atoms with E-state index >= 15 is 0 Å². The molecular formula is C14H17N3O2. The third kappa shape index (κ3) is 1.51. The molecule has 2 aliphatic rings. The van der Waals surface area contributed by atoms with Crippen molar-refractivity contribution in [1.29, 1.82) is 0 Å². The SMILES string of the molecule is CN1C(=O)[C@@]2(C[C@H]2C(=O)NCCN)c2ccccc21. The molecule has 5 heteroatoms. The van der Waals surface area contributed by atoms with Crippen LogP contribution in [0.1, 0.15) is 12.0 Å². The zero-order valence-corrected chi connectivity index (χ0v) is 10.8. The summed E-state index contributed by atoms with van der Waals surface area (Å²) in [6.45, 7) is 0.868. The molecule has 3 rings (SSSR count). The molecule has 0 radical (unpaired) electrons. The van der Waals surface area contributed by atoms with E-state index in [0.717, 1.165) is 11.3 Å². The molecule has 1 heterocycles. The van der Waals surface area contributed by atoms with E-state index in [1.54, 1.807) is 11.9 Å². The summed E-state index contributed by atoms with van der Waals surface area (Å²) in [5.74, 6) is -0.289. The summed E-state index contributed by atoms with van der Waals surface area (Å²) in [5, 5.41) is 2.78. The highest BCUT2D eigenvalue weighted by Gasteiger charge is 2.68. The summed E-state index contributed by atoms with van der Waals surface area (Å²) in [5.41, 5.74) is 6.66. The molecule has 1 aliphatic carbocycles. The number of carbonyl (C=O) groups is 2.